The van der Waals surface area contributed by atoms with Crippen LogP contribution in [-0.4, -0.2) is 11.0 Å². The number of pyridine rings is 1. The van der Waals surface area contributed by atoms with Crippen LogP contribution in [0.3, 0.4) is 0 Å². The summed E-state index contributed by atoms with van der Waals surface area (Å²) in [4.78, 5) is 16.6. The van der Waals surface area contributed by atoms with Gasteiger partial charge in [0, 0.05) is 11.6 Å². The average Bonchev–Trinajstić information content (AvgIpc) is 2.55. The van der Waals surface area contributed by atoms with Crippen LogP contribution in [0.1, 0.15) is 15.9 Å². The molecule has 102 valence electrons. The van der Waals surface area contributed by atoms with Crippen molar-refractivity contribution in [2.24, 2.45) is 0 Å². The predicted molar refractivity (Wildman–Crippen MR) is 83.2 cm³/mol. The quantitative estimate of drug-likeness (QED) is 0.533. The third-order valence-corrected chi connectivity index (χ3v) is 3.20. The number of rotatable bonds is 3. The van der Waals surface area contributed by atoms with Gasteiger partial charge in [-0.2, -0.15) is 0 Å². The molecule has 0 radical (unpaired) electrons. The Morgan fingerprint density at radius 3 is 2.71 bits per heavy atom. The molecule has 21 heavy (non-hydrogen) atoms. The third kappa shape index (κ3) is 2.54. The molecular formula is C18H13NO2. The van der Waals surface area contributed by atoms with Gasteiger partial charge in [-0.3, -0.25) is 4.98 Å². The molecule has 2 aromatic carbocycles. The fourth-order valence-electron chi connectivity index (χ4n) is 2.17. The summed E-state index contributed by atoms with van der Waals surface area (Å²) in [7, 11) is 0. The molecule has 3 aromatic rings. The van der Waals surface area contributed by atoms with Crippen molar-refractivity contribution >= 4 is 22.9 Å². The average molecular weight is 275 g/mol. The highest BCUT2D eigenvalue weighted by Crippen LogP contribution is 2.24. The molecule has 0 unspecified atom stereocenters. The molecule has 1 aromatic heterocycles. The molecule has 0 aliphatic rings. The molecular weight excluding hydrogens is 262 g/mol. The Hall–Kier alpha value is -2.94. The minimum Gasteiger partial charge on any atom is -0.421 e. The summed E-state index contributed by atoms with van der Waals surface area (Å²) in [6.45, 7) is 3.71. The molecule has 3 nitrogen and oxygen atoms in total. The van der Waals surface area contributed by atoms with Crippen molar-refractivity contribution in [2.45, 2.75) is 0 Å². The first-order valence-electron chi connectivity index (χ1n) is 6.57. The van der Waals surface area contributed by atoms with Crippen LogP contribution in [-0.2, 0) is 0 Å². The highest BCUT2D eigenvalue weighted by molar-refractivity contribution is 5.97. The van der Waals surface area contributed by atoms with E-state index in [4.69, 9.17) is 4.74 Å². The van der Waals surface area contributed by atoms with E-state index in [1.165, 1.54) is 0 Å². The van der Waals surface area contributed by atoms with Crippen LogP contribution < -0.4 is 4.74 Å². The summed E-state index contributed by atoms with van der Waals surface area (Å²) < 4.78 is 5.51. The molecule has 1 heterocycles. The Bertz CT molecular complexity index is 819. The molecule has 0 saturated heterocycles. The number of carbonyl (C=O) groups excluding carboxylic acids is 1. The van der Waals surface area contributed by atoms with Crippen molar-refractivity contribution in [1.82, 2.24) is 4.98 Å². The lowest BCUT2D eigenvalue weighted by atomic mass is 10.1. The standard InChI is InChI=1S/C18H13NO2/c1-2-13-7-3-4-10-15(13)18(20)21-16-11-5-8-14-9-6-12-19-17(14)16/h2-12H,1H2. The minimum atomic E-state index is -0.413. The molecule has 0 amide bonds. The fourth-order valence-corrected chi connectivity index (χ4v) is 2.17. The summed E-state index contributed by atoms with van der Waals surface area (Å²) in [5.74, 6) is 0.0422. The Balaban J connectivity index is 1.99. The van der Waals surface area contributed by atoms with Crippen molar-refractivity contribution in [2.75, 3.05) is 0 Å². The first kappa shape index (κ1) is 13.1. The van der Waals surface area contributed by atoms with Crippen LogP contribution in [0.25, 0.3) is 17.0 Å². The van der Waals surface area contributed by atoms with E-state index in [0.29, 0.717) is 16.8 Å². The van der Waals surface area contributed by atoms with Crippen LogP contribution in [0.15, 0.2) is 67.4 Å². The van der Waals surface area contributed by atoms with E-state index >= 15 is 0 Å². The van der Waals surface area contributed by atoms with Gasteiger partial charge < -0.3 is 4.74 Å². The monoisotopic (exact) mass is 275 g/mol. The lowest BCUT2D eigenvalue weighted by Gasteiger charge is -2.08. The predicted octanol–water partition coefficient (Wildman–Crippen LogP) is 4.10. The van der Waals surface area contributed by atoms with Crippen LogP contribution in [0.4, 0.5) is 0 Å². The van der Waals surface area contributed by atoms with Gasteiger partial charge in [-0.25, -0.2) is 4.79 Å². The SMILES string of the molecule is C=Cc1ccccc1C(=O)Oc1cccc2cccnc12. The second-order valence-electron chi connectivity index (χ2n) is 4.51. The minimum absolute atomic E-state index is 0.413. The second kappa shape index (κ2) is 5.59. The van der Waals surface area contributed by atoms with E-state index in [-0.39, 0.29) is 0 Å². The first-order chi connectivity index (χ1) is 10.3. The van der Waals surface area contributed by atoms with Crippen molar-refractivity contribution in [3.8, 4) is 5.75 Å². The van der Waals surface area contributed by atoms with Gasteiger partial charge in [0.1, 0.15) is 5.52 Å². The van der Waals surface area contributed by atoms with Gasteiger partial charge in [-0.15, -0.1) is 0 Å². The van der Waals surface area contributed by atoms with Gasteiger partial charge in [-0.05, 0) is 23.8 Å². The molecule has 0 atom stereocenters. The Kier molecular flexibility index (Phi) is 3.48. The summed E-state index contributed by atoms with van der Waals surface area (Å²) >= 11 is 0. The topological polar surface area (TPSA) is 39.2 Å². The van der Waals surface area contributed by atoms with Crippen LogP contribution in [0.2, 0.25) is 0 Å². The van der Waals surface area contributed by atoms with Crippen molar-refractivity contribution in [3.05, 3.63) is 78.5 Å². The largest absolute Gasteiger partial charge is 0.421 e. The van der Waals surface area contributed by atoms with Gasteiger partial charge in [0.05, 0.1) is 5.56 Å². The zero-order chi connectivity index (χ0) is 14.7. The van der Waals surface area contributed by atoms with Gasteiger partial charge in [0.15, 0.2) is 5.75 Å². The number of hydrogen-bond donors (Lipinski definition) is 0. The molecule has 3 rings (SSSR count). The number of nitrogens with zero attached hydrogens (tertiary/aromatic N) is 1. The highest BCUT2D eigenvalue weighted by Gasteiger charge is 2.13. The maximum Gasteiger partial charge on any atom is 0.344 e. The lowest BCUT2D eigenvalue weighted by Crippen LogP contribution is -2.10. The number of aromatic nitrogens is 1. The number of para-hydroxylation sites is 1. The van der Waals surface area contributed by atoms with E-state index in [1.807, 2.05) is 36.4 Å². The number of carbonyl (C=O) groups is 1. The Morgan fingerprint density at radius 1 is 1.05 bits per heavy atom. The van der Waals surface area contributed by atoms with Gasteiger partial charge in [0.2, 0.25) is 0 Å². The number of fused-ring (bicyclic) bond motifs is 1. The molecule has 3 heteroatoms. The van der Waals surface area contributed by atoms with Crippen molar-refractivity contribution in [3.63, 3.8) is 0 Å². The normalized spacial score (nSPS) is 10.3. The van der Waals surface area contributed by atoms with Crippen LogP contribution >= 0.6 is 0 Å². The molecule has 0 spiro atoms. The number of hydrogen-bond acceptors (Lipinski definition) is 3. The molecule has 0 saturated carbocycles. The Morgan fingerprint density at radius 2 is 1.86 bits per heavy atom. The summed E-state index contributed by atoms with van der Waals surface area (Å²) in [6, 6.07) is 16.5. The van der Waals surface area contributed by atoms with E-state index in [1.54, 1.807) is 30.5 Å². The number of ether oxygens (including phenoxy) is 1. The maximum absolute atomic E-state index is 12.3. The van der Waals surface area contributed by atoms with Gasteiger partial charge >= 0.3 is 5.97 Å². The van der Waals surface area contributed by atoms with Crippen molar-refractivity contribution in [1.29, 1.82) is 0 Å². The fraction of sp³-hybridized carbons (Fsp3) is 0. The molecule has 0 bridgehead atoms. The first-order valence-corrected chi connectivity index (χ1v) is 6.57. The van der Waals surface area contributed by atoms with Crippen LogP contribution in [0.5, 0.6) is 5.75 Å². The molecule has 0 N–H and O–H groups in total. The van der Waals surface area contributed by atoms with E-state index in [2.05, 4.69) is 11.6 Å². The smallest absolute Gasteiger partial charge is 0.344 e. The van der Waals surface area contributed by atoms with Crippen LogP contribution in [0, 0.1) is 0 Å². The lowest BCUT2D eigenvalue weighted by molar-refractivity contribution is 0.0736. The summed E-state index contributed by atoms with van der Waals surface area (Å²) in [6.07, 6.45) is 3.31. The third-order valence-electron chi connectivity index (χ3n) is 3.20. The van der Waals surface area contributed by atoms with E-state index in [0.717, 1.165) is 10.9 Å². The highest BCUT2D eigenvalue weighted by atomic mass is 16.5. The van der Waals surface area contributed by atoms with Crippen molar-refractivity contribution < 1.29 is 9.53 Å². The zero-order valence-electron chi connectivity index (χ0n) is 11.3. The maximum atomic E-state index is 12.3. The zero-order valence-corrected chi connectivity index (χ0v) is 11.3. The molecule has 0 aliphatic carbocycles. The molecule has 0 fully saturated rings. The Labute approximate surface area is 122 Å². The number of esters is 1. The summed E-state index contributed by atoms with van der Waals surface area (Å²) in [5.41, 5.74) is 1.90. The van der Waals surface area contributed by atoms with Gasteiger partial charge in [-0.1, -0.05) is 49.1 Å². The van der Waals surface area contributed by atoms with E-state index < -0.39 is 5.97 Å². The van der Waals surface area contributed by atoms with Gasteiger partial charge in [0.25, 0.3) is 0 Å². The number of benzene rings is 2. The second-order valence-corrected chi connectivity index (χ2v) is 4.51. The van der Waals surface area contributed by atoms with E-state index in [9.17, 15) is 4.79 Å². The summed E-state index contributed by atoms with van der Waals surface area (Å²) in [5, 5.41) is 0.930. The molecule has 0 aliphatic heterocycles.